The van der Waals surface area contributed by atoms with Crippen molar-refractivity contribution in [2.45, 2.75) is 17.1 Å². The Kier molecular flexibility index (Phi) is 4.90. The zero-order chi connectivity index (χ0) is 15.5. The first-order chi connectivity index (χ1) is 9.97. The van der Waals surface area contributed by atoms with E-state index in [-0.39, 0.29) is 5.56 Å². The third-order valence-corrected chi connectivity index (χ3v) is 3.95. The van der Waals surface area contributed by atoms with Gasteiger partial charge in [-0.15, -0.1) is 11.8 Å². The SMILES string of the molecule is CNC(c1ccc(SC)cc1)c1cnccc1C(F)(F)F. The summed E-state index contributed by atoms with van der Waals surface area (Å²) in [6.45, 7) is 0. The van der Waals surface area contributed by atoms with Crippen LogP contribution in [-0.4, -0.2) is 18.3 Å². The molecule has 0 fully saturated rings. The number of aromatic nitrogens is 1. The molecule has 0 amide bonds. The zero-order valence-electron chi connectivity index (χ0n) is 11.6. The fourth-order valence-electron chi connectivity index (χ4n) is 2.19. The van der Waals surface area contributed by atoms with E-state index >= 15 is 0 Å². The first-order valence-corrected chi connectivity index (χ1v) is 7.52. The highest BCUT2D eigenvalue weighted by Gasteiger charge is 2.35. The van der Waals surface area contributed by atoms with Gasteiger partial charge in [-0.25, -0.2) is 0 Å². The second-order valence-electron chi connectivity index (χ2n) is 4.46. The molecule has 2 rings (SSSR count). The summed E-state index contributed by atoms with van der Waals surface area (Å²) in [5.41, 5.74) is 0.240. The number of halogens is 3. The summed E-state index contributed by atoms with van der Waals surface area (Å²) in [4.78, 5) is 4.91. The van der Waals surface area contributed by atoms with Crippen LogP contribution in [0.3, 0.4) is 0 Å². The molecule has 2 nitrogen and oxygen atoms in total. The van der Waals surface area contributed by atoms with Crippen LogP contribution < -0.4 is 5.32 Å². The second-order valence-corrected chi connectivity index (χ2v) is 5.34. The highest BCUT2D eigenvalue weighted by molar-refractivity contribution is 7.98. The lowest BCUT2D eigenvalue weighted by atomic mass is 9.96. The molecule has 1 aromatic carbocycles. The summed E-state index contributed by atoms with van der Waals surface area (Å²) in [5, 5.41) is 2.94. The Morgan fingerprint density at radius 3 is 2.33 bits per heavy atom. The number of hydrogen-bond acceptors (Lipinski definition) is 3. The minimum atomic E-state index is -4.40. The Labute approximate surface area is 125 Å². The first kappa shape index (κ1) is 15.9. The molecule has 1 N–H and O–H groups in total. The summed E-state index contributed by atoms with van der Waals surface area (Å²) in [7, 11) is 1.64. The topological polar surface area (TPSA) is 24.9 Å². The van der Waals surface area contributed by atoms with E-state index in [2.05, 4.69) is 10.3 Å². The molecule has 21 heavy (non-hydrogen) atoms. The van der Waals surface area contributed by atoms with Crippen molar-refractivity contribution in [3.8, 4) is 0 Å². The molecule has 0 saturated heterocycles. The van der Waals surface area contributed by atoms with E-state index in [1.54, 1.807) is 18.8 Å². The van der Waals surface area contributed by atoms with Crippen LogP contribution in [0.4, 0.5) is 13.2 Å². The van der Waals surface area contributed by atoms with E-state index in [0.29, 0.717) is 0 Å². The summed E-state index contributed by atoms with van der Waals surface area (Å²) in [5.74, 6) is 0. The lowest BCUT2D eigenvalue weighted by molar-refractivity contribution is -0.138. The monoisotopic (exact) mass is 312 g/mol. The highest BCUT2D eigenvalue weighted by atomic mass is 32.2. The normalized spacial score (nSPS) is 13.2. The smallest absolute Gasteiger partial charge is 0.309 e. The van der Waals surface area contributed by atoms with Gasteiger partial charge in [-0.2, -0.15) is 13.2 Å². The number of benzene rings is 1. The molecular formula is C15H15F3N2S. The van der Waals surface area contributed by atoms with Crippen LogP contribution in [-0.2, 0) is 6.18 Å². The number of alkyl halides is 3. The Balaban J connectivity index is 2.46. The molecule has 1 unspecified atom stereocenters. The standard InChI is InChI=1S/C15H15F3N2S/c1-19-14(10-3-5-11(21-2)6-4-10)12-9-20-8-7-13(12)15(16,17)18/h3-9,14,19H,1-2H3. The molecule has 0 saturated carbocycles. The Bertz CT molecular complexity index is 597. The van der Waals surface area contributed by atoms with Gasteiger partial charge in [-0.05, 0) is 37.1 Å². The molecule has 1 atom stereocenters. The van der Waals surface area contributed by atoms with Gasteiger partial charge in [0.2, 0.25) is 0 Å². The molecule has 0 spiro atoms. The zero-order valence-corrected chi connectivity index (χ0v) is 12.4. The molecule has 6 heteroatoms. The lowest BCUT2D eigenvalue weighted by Crippen LogP contribution is -2.22. The number of nitrogens with zero attached hydrogens (tertiary/aromatic N) is 1. The van der Waals surface area contributed by atoms with Gasteiger partial charge in [0.1, 0.15) is 0 Å². The van der Waals surface area contributed by atoms with Gasteiger partial charge < -0.3 is 5.32 Å². The maximum atomic E-state index is 13.1. The number of hydrogen-bond donors (Lipinski definition) is 1. The van der Waals surface area contributed by atoms with Crippen LogP contribution in [0.15, 0.2) is 47.6 Å². The third kappa shape index (κ3) is 3.57. The van der Waals surface area contributed by atoms with E-state index in [9.17, 15) is 13.2 Å². The summed E-state index contributed by atoms with van der Waals surface area (Å²) >= 11 is 1.59. The van der Waals surface area contributed by atoms with Crippen molar-refractivity contribution in [1.82, 2.24) is 10.3 Å². The maximum absolute atomic E-state index is 13.1. The molecule has 1 heterocycles. The van der Waals surface area contributed by atoms with Crippen molar-refractivity contribution in [3.05, 3.63) is 59.4 Å². The average molecular weight is 312 g/mol. The first-order valence-electron chi connectivity index (χ1n) is 6.29. The Morgan fingerprint density at radius 1 is 1.14 bits per heavy atom. The van der Waals surface area contributed by atoms with Gasteiger partial charge in [-0.3, -0.25) is 4.98 Å². The van der Waals surface area contributed by atoms with Gasteiger partial charge >= 0.3 is 6.18 Å². The van der Waals surface area contributed by atoms with Gasteiger partial charge in [0.25, 0.3) is 0 Å². The van der Waals surface area contributed by atoms with Crippen LogP contribution in [0.1, 0.15) is 22.7 Å². The van der Waals surface area contributed by atoms with Gasteiger partial charge in [0, 0.05) is 22.9 Å². The highest BCUT2D eigenvalue weighted by Crippen LogP contribution is 2.36. The third-order valence-electron chi connectivity index (χ3n) is 3.21. The van der Waals surface area contributed by atoms with E-state index in [1.807, 2.05) is 30.5 Å². The molecule has 0 aliphatic rings. The largest absolute Gasteiger partial charge is 0.416 e. The average Bonchev–Trinajstić information content (AvgIpc) is 2.48. The minimum absolute atomic E-state index is 0.129. The van der Waals surface area contributed by atoms with E-state index in [4.69, 9.17) is 0 Å². The number of pyridine rings is 1. The van der Waals surface area contributed by atoms with Crippen LogP contribution >= 0.6 is 11.8 Å². The van der Waals surface area contributed by atoms with E-state index in [1.165, 1.54) is 6.20 Å². The van der Waals surface area contributed by atoms with Crippen molar-refractivity contribution >= 4 is 11.8 Å². The fraction of sp³-hybridized carbons (Fsp3) is 0.267. The van der Waals surface area contributed by atoms with Crippen LogP contribution in [0, 0.1) is 0 Å². The number of rotatable bonds is 4. The molecule has 112 valence electrons. The van der Waals surface area contributed by atoms with Crippen LogP contribution in [0.2, 0.25) is 0 Å². The summed E-state index contributed by atoms with van der Waals surface area (Å²) < 4.78 is 39.4. The van der Waals surface area contributed by atoms with Gasteiger partial charge in [0.15, 0.2) is 0 Å². The molecule has 1 aromatic heterocycles. The minimum Gasteiger partial charge on any atom is -0.309 e. The maximum Gasteiger partial charge on any atom is 0.416 e. The molecule has 0 radical (unpaired) electrons. The van der Waals surface area contributed by atoms with Gasteiger partial charge in [-0.1, -0.05) is 12.1 Å². The van der Waals surface area contributed by atoms with Crippen LogP contribution in [0.25, 0.3) is 0 Å². The van der Waals surface area contributed by atoms with E-state index < -0.39 is 17.8 Å². The molecule has 2 aromatic rings. The van der Waals surface area contributed by atoms with Crippen LogP contribution in [0.5, 0.6) is 0 Å². The van der Waals surface area contributed by atoms with Crippen molar-refractivity contribution in [3.63, 3.8) is 0 Å². The molecule has 0 bridgehead atoms. The molecular weight excluding hydrogens is 297 g/mol. The number of nitrogens with one attached hydrogen (secondary N) is 1. The van der Waals surface area contributed by atoms with Crippen molar-refractivity contribution in [2.75, 3.05) is 13.3 Å². The lowest BCUT2D eigenvalue weighted by Gasteiger charge is -2.21. The Morgan fingerprint density at radius 2 is 1.81 bits per heavy atom. The van der Waals surface area contributed by atoms with Gasteiger partial charge in [0.05, 0.1) is 11.6 Å². The van der Waals surface area contributed by atoms with Crippen molar-refractivity contribution in [1.29, 1.82) is 0 Å². The van der Waals surface area contributed by atoms with Crippen molar-refractivity contribution < 1.29 is 13.2 Å². The van der Waals surface area contributed by atoms with E-state index in [0.717, 1.165) is 22.7 Å². The second kappa shape index (κ2) is 6.49. The predicted octanol–water partition coefficient (Wildman–Crippen LogP) is 4.13. The summed E-state index contributed by atoms with van der Waals surface area (Å²) in [6, 6.07) is 7.92. The molecule has 0 aliphatic carbocycles. The fourth-order valence-corrected chi connectivity index (χ4v) is 2.60. The number of thioether (sulfide) groups is 1. The quantitative estimate of drug-likeness (QED) is 0.859. The molecule has 0 aliphatic heterocycles. The van der Waals surface area contributed by atoms with Crippen molar-refractivity contribution in [2.24, 2.45) is 0 Å². The predicted molar refractivity (Wildman–Crippen MR) is 78.4 cm³/mol. The Hall–Kier alpha value is -1.53. The summed E-state index contributed by atoms with van der Waals surface area (Å²) in [6.07, 6.45) is -0.0116.